The number of aliphatic hydroxyl groups is 1. The van der Waals surface area contributed by atoms with Crippen molar-refractivity contribution in [1.29, 1.82) is 0 Å². The van der Waals surface area contributed by atoms with Crippen molar-refractivity contribution in [2.45, 2.75) is 58.1 Å². The van der Waals surface area contributed by atoms with E-state index in [0.717, 1.165) is 32.2 Å². The zero-order chi connectivity index (χ0) is 22.5. The molecule has 1 aromatic rings. The minimum absolute atomic E-state index is 0.0264. The molecule has 2 aliphatic rings. The number of likely N-dealkylation sites (N-methyl/N-ethyl adjacent to an activating group) is 1. The Balaban J connectivity index is 1.90. The lowest BCUT2D eigenvalue weighted by Gasteiger charge is -2.37. The Morgan fingerprint density at radius 2 is 2.00 bits per heavy atom. The second-order valence-electron chi connectivity index (χ2n) is 9.42. The van der Waals surface area contributed by atoms with Crippen LogP contribution in [0.15, 0.2) is 18.2 Å². The van der Waals surface area contributed by atoms with Gasteiger partial charge in [-0.2, -0.15) is 0 Å². The van der Waals surface area contributed by atoms with E-state index in [1.807, 2.05) is 27.1 Å². The lowest BCUT2D eigenvalue weighted by molar-refractivity contribution is -0.120. The molecule has 0 saturated heterocycles. The smallest absolute Gasteiger partial charge is 0.258 e. The molecule has 1 heterocycles. The Hall–Kier alpha value is -2.12. The van der Waals surface area contributed by atoms with E-state index in [-0.39, 0.29) is 42.4 Å². The largest absolute Gasteiger partial charge is 0.488 e. The van der Waals surface area contributed by atoms with Crippen LogP contribution in [0.2, 0.25) is 0 Å². The summed E-state index contributed by atoms with van der Waals surface area (Å²) in [4.78, 5) is 29.9. The van der Waals surface area contributed by atoms with Crippen molar-refractivity contribution in [3.8, 4) is 5.75 Å². The van der Waals surface area contributed by atoms with Crippen LogP contribution in [0.4, 0.5) is 5.69 Å². The van der Waals surface area contributed by atoms with Gasteiger partial charge in [0.15, 0.2) is 0 Å². The minimum atomic E-state index is -0.304. The molecule has 1 aliphatic carbocycles. The molecule has 0 bridgehead atoms. The number of amides is 2. The number of benzene rings is 1. The molecule has 3 rings (SSSR count). The SMILES string of the molecule is C[C@@H]1CN([C@@H](C)CO)C(=O)c2cc(NC(=O)C3CCCCC3)ccc2O[C@H]1CN(C)C. The maximum Gasteiger partial charge on any atom is 0.258 e. The molecule has 2 N–H and O–H groups in total. The molecule has 0 aromatic heterocycles. The quantitative estimate of drug-likeness (QED) is 0.724. The van der Waals surface area contributed by atoms with Gasteiger partial charge in [-0.3, -0.25) is 9.59 Å². The Morgan fingerprint density at radius 3 is 2.65 bits per heavy atom. The third-order valence-corrected chi connectivity index (χ3v) is 6.45. The molecule has 0 unspecified atom stereocenters. The second-order valence-corrected chi connectivity index (χ2v) is 9.42. The first kappa shape index (κ1) is 23.5. The summed E-state index contributed by atoms with van der Waals surface area (Å²) < 4.78 is 6.30. The highest BCUT2D eigenvalue weighted by Crippen LogP contribution is 2.31. The average molecular weight is 432 g/mol. The predicted molar refractivity (Wildman–Crippen MR) is 121 cm³/mol. The van der Waals surface area contributed by atoms with Gasteiger partial charge >= 0.3 is 0 Å². The molecular formula is C24H37N3O4. The summed E-state index contributed by atoms with van der Waals surface area (Å²) in [5.41, 5.74) is 1.04. The van der Waals surface area contributed by atoms with E-state index in [0.29, 0.717) is 23.5 Å². The second kappa shape index (κ2) is 10.5. The molecule has 1 fully saturated rings. The molecular weight excluding hydrogens is 394 g/mol. The molecule has 1 saturated carbocycles. The van der Waals surface area contributed by atoms with Crippen molar-refractivity contribution in [2.24, 2.45) is 11.8 Å². The van der Waals surface area contributed by atoms with Crippen molar-refractivity contribution in [3.63, 3.8) is 0 Å². The molecule has 1 aromatic carbocycles. The highest BCUT2D eigenvalue weighted by Gasteiger charge is 2.33. The molecule has 172 valence electrons. The summed E-state index contributed by atoms with van der Waals surface area (Å²) >= 11 is 0. The number of aliphatic hydroxyl groups excluding tert-OH is 1. The third-order valence-electron chi connectivity index (χ3n) is 6.45. The van der Waals surface area contributed by atoms with Gasteiger partial charge in [-0.05, 0) is 52.1 Å². The Kier molecular flexibility index (Phi) is 7.94. The zero-order valence-corrected chi connectivity index (χ0v) is 19.3. The Bertz CT molecular complexity index is 776. The van der Waals surface area contributed by atoms with E-state index < -0.39 is 0 Å². The van der Waals surface area contributed by atoms with Gasteiger partial charge in [0.1, 0.15) is 11.9 Å². The number of nitrogens with one attached hydrogen (secondary N) is 1. The molecule has 31 heavy (non-hydrogen) atoms. The fourth-order valence-corrected chi connectivity index (χ4v) is 4.49. The lowest BCUT2D eigenvalue weighted by Crippen LogP contribution is -2.49. The first-order valence-electron chi connectivity index (χ1n) is 11.5. The van der Waals surface area contributed by atoms with Crippen LogP contribution in [0, 0.1) is 11.8 Å². The van der Waals surface area contributed by atoms with E-state index in [9.17, 15) is 14.7 Å². The van der Waals surface area contributed by atoms with Gasteiger partial charge in [0.05, 0.1) is 18.2 Å². The van der Waals surface area contributed by atoms with Gasteiger partial charge in [-0.1, -0.05) is 26.2 Å². The summed E-state index contributed by atoms with van der Waals surface area (Å²) in [5, 5.41) is 12.7. The van der Waals surface area contributed by atoms with Gasteiger partial charge < -0.3 is 25.0 Å². The number of fused-ring (bicyclic) bond motifs is 1. The minimum Gasteiger partial charge on any atom is -0.488 e. The number of hydrogen-bond donors (Lipinski definition) is 2. The number of nitrogens with zero attached hydrogens (tertiary/aromatic N) is 2. The van der Waals surface area contributed by atoms with Crippen molar-refractivity contribution in [2.75, 3.05) is 39.1 Å². The van der Waals surface area contributed by atoms with E-state index >= 15 is 0 Å². The summed E-state index contributed by atoms with van der Waals surface area (Å²) in [6, 6.07) is 5.01. The van der Waals surface area contributed by atoms with Gasteiger partial charge in [0, 0.05) is 30.6 Å². The Morgan fingerprint density at radius 1 is 1.29 bits per heavy atom. The molecule has 2 amide bonds. The van der Waals surface area contributed by atoms with Crippen LogP contribution in [0.5, 0.6) is 5.75 Å². The van der Waals surface area contributed by atoms with Crippen LogP contribution in [-0.2, 0) is 4.79 Å². The number of carbonyl (C=O) groups is 2. The number of carbonyl (C=O) groups excluding carboxylic acids is 2. The van der Waals surface area contributed by atoms with Crippen LogP contribution in [0.25, 0.3) is 0 Å². The number of ether oxygens (including phenoxy) is 1. The fourth-order valence-electron chi connectivity index (χ4n) is 4.49. The summed E-state index contributed by atoms with van der Waals surface area (Å²) in [6.45, 7) is 5.03. The highest BCUT2D eigenvalue weighted by atomic mass is 16.5. The molecule has 7 heteroatoms. The van der Waals surface area contributed by atoms with Crippen LogP contribution in [0.3, 0.4) is 0 Å². The summed E-state index contributed by atoms with van der Waals surface area (Å²) in [7, 11) is 4.00. The summed E-state index contributed by atoms with van der Waals surface area (Å²) in [5.74, 6) is 0.506. The molecule has 7 nitrogen and oxygen atoms in total. The van der Waals surface area contributed by atoms with Crippen molar-refractivity contribution < 1.29 is 19.4 Å². The molecule has 0 radical (unpaired) electrons. The first-order valence-corrected chi connectivity index (χ1v) is 11.5. The molecule has 0 spiro atoms. The van der Waals surface area contributed by atoms with Crippen molar-refractivity contribution in [1.82, 2.24) is 9.80 Å². The standard InChI is InChI=1S/C24H37N3O4/c1-16-13-27(17(2)15-28)24(30)20-12-19(25-23(29)18-8-6-5-7-9-18)10-11-21(20)31-22(16)14-26(3)4/h10-12,16-18,22,28H,5-9,13-15H2,1-4H3,(H,25,29)/t16-,17+,22+/m1/s1. The van der Waals surface area contributed by atoms with E-state index in [2.05, 4.69) is 17.1 Å². The van der Waals surface area contributed by atoms with Crippen LogP contribution >= 0.6 is 0 Å². The number of rotatable bonds is 6. The van der Waals surface area contributed by atoms with Crippen molar-refractivity contribution in [3.05, 3.63) is 23.8 Å². The Labute approximate surface area is 185 Å². The number of hydrogen-bond acceptors (Lipinski definition) is 5. The predicted octanol–water partition coefficient (Wildman–Crippen LogP) is 2.99. The van der Waals surface area contributed by atoms with Gasteiger partial charge in [-0.25, -0.2) is 0 Å². The van der Waals surface area contributed by atoms with Crippen LogP contribution in [-0.4, -0.2) is 72.7 Å². The third kappa shape index (κ3) is 5.77. The number of anilines is 1. The average Bonchev–Trinajstić information content (AvgIpc) is 2.76. The maximum absolute atomic E-state index is 13.4. The van der Waals surface area contributed by atoms with Crippen LogP contribution in [0.1, 0.15) is 56.3 Å². The highest BCUT2D eigenvalue weighted by molar-refractivity contribution is 6.00. The summed E-state index contributed by atoms with van der Waals surface area (Å²) in [6.07, 6.45) is 5.12. The molecule has 1 aliphatic heterocycles. The topological polar surface area (TPSA) is 82.1 Å². The van der Waals surface area contributed by atoms with Crippen molar-refractivity contribution >= 4 is 17.5 Å². The first-order chi connectivity index (χ1) is 14.8. The molecule has 3 atom stereocenters. The maximum atomic E-state index is 13.4. The zero-order valence-electron chi connectivity index (χ0n) is 19.3. The monoisotopic (exact) mass is 431 g/mol. The fraction of sp³-hybridized carbons (Fsp3) is 0.667. The van der Waals surface area contributed by atoms with E-state index in [1.165, 1.54) is 6.42 Å². The van der Waals surface area contributed by atoms with E-state index in [4.69, 9.17) is 4.74 Å². The van der Waals surface area contributed by atoms with Gasteiger partial charge in [0.25, 0.3) is 5.91 Å². The lowest BCUT2D eigenvalue weighted by atomic mass is 9.88. The van der Waals surface area contributed by atoms with E-state index in [1.54, 1.807) is 17.0 Å². The van der Waals surface area contributed by atoms with Crippen LogP contribution < -0.4 is 10.1 Å². The van der Waals surface area contributed by atoms with Gasteiger partial charge in [0.2, 0.25) is 5.91 Å². The van der Waals surface area contributed by atoms with Gasteiger partial charge in [-0.15, -0.1) is 0 Å². The normalized spacial score (nSPS) is 23.5.